The third-order valence-corrected chi connectivity index (χ3v) is 7.87. The molecule has 2 saturated heterocycles. The van der Waals surface area contributed by atoms with Crippen LogP contribution in [-0.2, 0) is 22.4 Å². The predicted molar refractivity (Wildman–Crippen MR) is 130 cm³/mol. The van der Waals surface area contributed by atoms with Crippen molar-refractivity contribution in [1.82, 2.24) is 31.0 Å². The molecule has 0 spiro atoms. The molecule has 0 bridgehead atoms. The SMILES string of the molecule is O=C(CC1CCNCC1)Nc1nnc(CCCc2nnc(NC(=O)CC3CCNCC3)s2)s1. The summed E-state index contributed by atoms with van der Waals surface area (Å²) in [6.07, 6.45) is 7.66. The first-order valence-corrected chi connectivity index (χ1v) is 13.4. The van der Waals surface area contributed by atoms with E-state index < -0.39 is 0 Å². The molecule has 4 N–H and O–H groups in total. The highest BCUT2D eigenvalue weighted by atomic mass is 32.1. The second-order valence-electron chi connectivity index (χ2n) is 8.75. The van der Waals surface area contributed by atoms with Crippen LogP contribution in [0.2, 0.25) is 0 Å². The highest BCUT2D eigenvalue weighted by molar-refractivity contribution is 7.15. The molecule has 2 amide bonds. The zero-order valence-electron chi connectivity index (χ0n) is 18.8. The largest absolute Gasteiger partial charge is 0.317 e. The van der Waals surface area contributed by atoms with E-state index in [4.69, 9.17) is 0 Å². The van der Waals surface area contributed by atoms with Crippen molar-refractivity contribution in [2.24, 2.45) is 11.8 Å². The maximum absolute atomic E-state index is 12.2. The van der Waals surface area contributed by atoms with Crippen molar-refractivity contribution in [3.8, 4) is 0 Å². The van der Waals surface area contributed by atoms with Gasteiger partial charge in [0.25, 0.3) is 0 Å². The molecule has 12 heteroatoms. The van der Waals surface area contributed by atoms with E-state index >= 15 is 0 Å². The molecule has 0 aromatic carbocycles. The van der Waals surface area contributed by atoms with Gasteiger partial charge in [-0.1, -0.05) is 22.7 Å². The first kappa shape index (κ1) is 24.1. The maximum Gasteiger partial charge on any atom is 0.226 e. The van der Waals surface area contributed by atoms with Crippen LogP contribution in [0.25, 0.3) is 0 Å². The number of piperidine rings is 2. The smallest absolute Gasteiger partial charge is 0.226 e. The fourth-order valence-corrected chi connectivity index (χ4v) is 5.83. The van der Waals surface area contributed by atoms with Gasteiger partial charge in [-0.15, -0.1) is 20.4 Å². The van der Waals surface area contributed by atoms with E-state index in [1.165, 1.54) is 22.7 Å². The lowest BCUT2D eigenvalue weighted by molar-refractivity contribution is -0.118. The lowest BCUT2D eigenvalue weighted by Gasteiger charge is -2.21. The van der Waals surface area contributed by atoms with Crippen LogP contribution >= 0.6 is 22.7 Å². The Morgan fingerprint density at radius 3 is 1.58 bits per heavy atom. The van der Waals surface area contributed by atoms with Crippen LogP contribution in [0.3, 0.4) is 0 Å². The van der Waals surface area contributed by atoms with Gasteiger partial charge in [0.05, 0.1) is 0 Å². The van der Waals surface area contributed by atoms with Gasteiger partial charge in [0.1, 0.15) is 10.0 Å². The van der Waals surface area contributed by atoms with Gasteiger partial charge in [0.15, 0.2) is 0 Å². The zero-order valence-corrected chi connectivity index (χ0v) is 20.4. The Morgan fingerprint density at radius 1 is 0.727 bits per heavy atom. The molecular weight excluding hydrogens is 460 g/mol. The normalized spacial score (nSPS) is 17.7. The summed E-state index contributed by atoms with van der Waals surface area (Å²) in [5, 5.41) is 31.9. The highest BCUT2D eigenvalue weighted by Crippen LogP contribution is 2.23. The fraction of sp³-hybridized carbons (Fsp3) is 0.714. The minimum atomic E-state index is 0.0215. The molecule has 0 aliphatic carbocycles. The molecule has 180 valence electrons. The van der Waals surface area contributed by atoms with E-state index in [0.29, 0.717) is 34.9 Å². The molecule has 2 aromatic heterocycles. The summed E-state index contributed by atoms with van der Waals surface area (Å²) in [4.78, 5) is 24.5. The summed E-state index contributed by atoms with van der Waals surface area (Å²) in [6.45, 7) is 3.95. The van der Waals surface area contributed by atoms with Crippen LogP contribution in [0, 0.1) is 11.8 Å². The van der Waals surface area contributed by atoms with Crippen molar-refractivity contribution in [2.75, 3.05) is 36.8 Å². The van der Waals surface area contributed by atoms with Gasteiger partial charge in [-0.25, -0.2) is 0 Å². The van der Waals surface area contributed by atoms with Gasteiger partial charge in [0, 0.05) is 25.7 Å². The van der Waals surface area contributed by atoms with Gasteiger partial charge < -0.3 is 21.3 Å². The molecule has 0 radical (unpaired) electrons. The number of rotatable bonds is 10. The quantitative estimate of drug-likeness (QED) is 0.397. The van der Waals surface area contributed by atoms with Crippen molar-refractivity contribution >= 4 is 44.8 Å². The Morgan fingerprint density at radius 2 is 1.15 bits per heavy atom. The second kappa shape index (κ2) is 12.4. The lowest BCUT2D eigenvalue weighted by atomic mass is 9.94. The number of nitrogens with one attached hydrogen (secondary N) is 4. The standard InChI is InChI=1S/C21H32N8O2S2/c30-16(12-14-4-8-22-9-5-14)24-20-28-26-18(32-20)2-1-3-19-27-29-21(33-19)25-17(31)13-15-6-10-23-11-7-15/h14-15,22-23H,1-13H2,(H,24,28,30)(H,25,29,31). The molecule has 2 aliphatic rings. The van der Waals surface area contributed by atoms with E-state index in [0.717, 1.165) is 81.1 Å². The average molecular weight is 493 g/mol. The van der Waals surface area contributed by atoms with E-state index in [-0.39, 0.29) is 11.8 Å². The summed E-state index contributed by atoms with van der Waals surface area (Å²) in [7, 11) is 0. The summed E-state index contributed by atoms with van der Waals surface area (Å²) in [6, 6.07) is 0. The first-order chi connectivity index (χ1) is 16.1. The second-order valence-corrected chi connectivity index (χ2v) is 10.9. The lowest BCUT2D eigenvalue weighted by Crippen LogP contribution is -2.30. The Balaban J connectivity index is 1.14. The average Bonchev–Trinajstić information content (AvgIpc) is 3.44. The number of nitrogens with zero attached hydrogens (tertiary/aromatic N) is 4. The molecule has 4 heterocycles. The molecule has 2 aliphatic heterocycles. The van der Waals surface area contributed by atoms with Crippen molar-refractivity contribution in [2.45, 2.75) is 57.8 Å². The van der Waals surface area contributed by atoms with Crippen molar-refractivity contribution in [1.29, 1.82) is 0 Å². The topological polar surface area (TPSA) is 134 Å². The molecule has 33 heavy (non-hydrogen) atoms. The van der Waals surface area contributed by atoms with Crippen molar-refractivity contribution in [3.05, 3.63) is 10.0 Å². The number of anilines is 2. The molecule has 0 saturated carbocycles. The Labute approximate surface area is 201 Å². The molecule has 4 rings (SSSR count). The van der Waals surface area contributed by atoms with Crippen LogP contribution < -0.4 is 21.3 Å². The van der Waals surface area contributed by atoms with Gasteiger partial charge in [-0.05, 0) is 70.1 Å². The number of hydrogen-bond donors (Lipinski definition) is 4. The summed E-state index contributed by atoms with van der Waals surface area (Å²) in [5.41, 5.74) is 0. The number of aryl methyl sites for hydroxylation is 2. The van der Waals surface area contributed by atoms with Crippen LogP contribution in [0.4, 0.5) is 10.3 Å². The molecule has 2 fully saturated rings. The molecule has 10 nitrogen and oxygen atoms in total. The maximum atomic E-state index is 12.2. The number of hydrogen-bond acceptors (Lipinski definition) is 10. The minimum absolute atomic E-state index is 0.0215. The summed E-state index contributed by atoms with van der Waals surface area (Å²) in [5.74, 6) is 0.941. The zero-order chi connectivity index (χ0) is 22.9. The van der Waals surface area contributed by atoms with Gasteiger partial charge >= 0.3 is 0 Å². The Hall–Kier alpha value is -2.02. The Kier molecular flexibility index (Phi) is 9.09. The van der Waals surface area contributed by atoms with Crippen LogP contribution in [0.1, 0.15) is 55.0 Å². The summed E-state index contributed by atoms with van der Waals surface area (Å²) >= 11 is 2.86. The van der Waals surface area contributed by atoms with Crippen molar-refractivity contribution in [3.63, 3.8) is 0 Å². The van der Waals surface area contributed by atoms with E-state index in [9.17, 15) is 9.59 Å². The fourth-order valence-electron chi connectivity index (χ4n) is 4.24. The number of aromatic nitrogens is 4. The van der Waals surface area contributed by atoms with Crippen LogP contribution in [-0.4, -0.2) is 58.4 Å². The number of carbonyl (C=O) groups excluding carboxylic acids is 2. The minimum Gasteiger partial charge on any atom is -0.317 e. The molecular formula is C21H32N8O2S2. The Bertz CT molecular complexity index is 833. The summed E-state index contributed by atoms with van der Waals surface area (Å²) < 4.78 is 0. The van der Waals surface area contributed by atoms with Gasteiger partial charge in [-0.2, -0.15) is 0 Å². The first-order valence-electron chi connectivity index (χ1n) is 11.8. The van der Waals surface area contributed by atoms with Crippen molar-refractivity contribution < 1.29 is 9.59 Å². The molecule has 0 atom stereocenters. The third-order valence-electron chi connectivity index (χ3n) is 6.07. The molecule has 2 aromatic rings. The molecule has 0 unspecified atom stereocenters. The van der Waals surface area contributed by atoms with Crippen LogP contribution in [0.15, 0.2) is 0 Å². The monoisotopic (exact) mass is 492 g/mol. The number of amides is 2. The predicted octanol–water partition coefficient (Wildman–Crippen LogP) is 2.22. The van der Waals surface area contributed by atoms with E-state index in [1.54, 1.807) is 0 Å². The van der Waals surface area contributed by atoms with E-state index in [2.05, 4.69) is 41.7 Å². The van der Waals surface area contributed by atoms with Crippen LogP contribution in [0.5, 0.6) is 0 Å². The third kappa shape index (κ3) is 8.05. The van der Waals surface area contributed by atoms with Gasteiger partial charge in [0.2, 0.25) is 22.1 Å². The number of carbonyl (C=O) groups is 2. The highest BCUT2D eigenvalue weighted by Gasteiger charge is 2.19. The van der Waals surface area contributed by atoms with Gasteiger partial charge in [-0.3, -0.25) is 9.59 Å². The van der Waals surface area contributed by atoms with E-state index in [1.807, 2.05) is 0 Å².